The molecule has 2 heterocycles. The lowest BCUT2D eigenvalue weighted by atomic mass is 9.77. The summed E-state index contributed by atoms with van der Waals surface area (Å²) in [4.78, 5) is 15.3. The van der Waals surface area contributed by atoms with Crippen molar-refractivity contribution in [1.29, 1.82) is 0 Å². The number of aliphatic hydroxyl groups is 1. The summed E-state index contributed by atoms with van der Waals surface area (Å²) < 4.78 is 4.15. The second-order valence-electron chi connectivity index (χ2n) is 10.3. The number of likely N-dealkylation sites (N-methyl/N-ethyl adjacent to an activating group) is 1. The van der Waals surface area contributed by atoms with E-state index in [2.05, 4.69) is 93.3 Å². The van der Waals surface area contributed by atoms with Crippen LogP contribution in [-0.2, 0) is 15.6 Å². The van der Waals surface area contributed by atoms with Crippen molar-refractivity contribution in [1.82, 2.24) is 0 Å². The molecule has 3 aliphatic rings. The molecule has 34 heavy (non-hydrogen) atoms. The van der Waals surface area contributed by atoms with Gasteiger partial charge in [0, 0.05) is 50.5 Å². The molecule has 0 unspecified atom stereocenters. The molecule has 4 nitrogen and oxygen atoms in total. The lowest BCUT2D eigenvalue weighted by Gasteiger charge is -2.27. The first-order valence-corrected chi connectivity index (χ1v) is 12.8. The maximum absolute atomic E-state index is 13.2. The maximum Gasteiger partial charge on any atom is 0.209 e. The summed E-state index contributed by atoms with van der Waals surface area (Å²) in [5, 5.41) is 11.0. The Morgan fingerprint density at radius 2 is 1.56 bits per heavy atom. The average molecular weight is 583 g/mol. The van der Waals surface area contributed by atoms with Gasteiger partial charge in [-0.1, -0.05) is 45.7 Å². The van der Waals surface area contributed by atoms with Crippen LogP contribution in [0.15, 0.2) is 80.1 Å². The Balaban J connectivity index is 1.55. The molecule has 0 aromatic heterocycles. The van der Waals surface area contributed by atoms with Crippen LogP contribution in [0.3, 0.4) is 0 Å². The van der Waals surface area contributed by atoms with Gasteiger partial charge in [-0.2, -0.15) is 4.58 Å². The van der Waals surface area contributed by atoms with E-state index in [9.17, 15) is 9.90 Å². The molecular formula is C28H27Br2N2O2+. The van der Waals surface area contributed by atoms with Crippen molar-refractivity contribution in [3.8, 4) is 0 Å². The normalized spacial score (nSPS) is 22.6. The molecule has 0 saturated heterocycles. The van der Waals surface area contributed by atoms with Crippen LogP contribution < -0.4 is 4.90 Å². The topological polar surface area (TPSA) is 43.5 Å². The van der Waals surface area contributed by atoms with E-state index in [-0.39, 0.29) is 22.4 Å². The molecular weight excluding hydrogens is 556 g/mol. The number of ketones is 1. The Bertz CT molecular complexity index is 1420. The molecule has 1 aliphatic carbocycles. The molecule has 0 amide bonds. The van der Waals surface area contributed by atoms with E-state index in [4.69, 9.17) is 0 Å². The number of aliphatic hydroxyl groups excluding tert-OH is 1. The molecule has 5 rings (SSSR count). The summed E-state index contributed by atoms with van der Waals surface area (Å²) in [6.45, 7) is 8.58. The standard InChI is InChI=1S/C28H26Br2N2O2/c1-27(2)19-11-15(29)7-9-21(19)31(5)23(27)13-17-25(33)18(26(17)34)14-24-28(3,4)20-12-16(30)8-10-22(20)32(24)6/h7-14H,1-6H3/p+1. The van der Waals surface area contributed by atoms with Crippen molar-refractivity contribution in [2.75, 3.05) is 19.0 Å². The SMILES string of the molecule is CN1/C(=C/C2=C(O)C(=C\C3=[N+](C)c4ccc(Br)cc4C3(C)C)/C2=O)C(C)(C)c2cc(Br)ccc21. The van der Waals surface area contributed by atoms with Gasteiger partial charge in [-0.05, 0) is 55.8 Å². The molecule has 174 valence electrons. The summed E-state index contributed by atoms with van der Waals surface area (Å²) in [6, 6.07) is 12.4. The predicted octanol–water partition coefficient (Wildman–Crippen LogP) is 6.85. The highest BCUT2D eigenvalue weighted by Gasteiger charge is 2.46. The van der Waals surface area contributed by atoms with Crippen LogP contribution in [0.5, 0.6) is 0 Å². The predicted molar refractivity (Wildman–Crippen MR) is 144 cm³/mol. The third-order valence-corrected chi connectivity index (χ3v) is 8.54. The van der Waals surface area contributed by atoms with Gasteiger partial charge in [-0.25, -0.2) is 0 Å². The van der Waals surface area contributed by atoms with Gasteiger partial charge < -0.3 is 10.0 Å². The molecule has 6 heteroatoms. The summed E-state index contributed by atoms with van der Waals surface area (Å²) >= 11 is 7.14. The highest BCUT2D eigenvalue weighted by molar-refractivity contribution is 9.10. The minimum Gasteiger partial charge on any atom is -0.506 e. The summed E-state index contributed by atoms with van der Waals surface area (Å²) in [6.07, 6.45) is 3.70. The first kappa shape index (κ1) is 23.3. The van der Waals surface area contributed by atoms with Crippen LogP contribution >= 0.6 is 31.9 Å². The Morgan fingerprint density at radius 1 is 0.941 bits per heavy atom. The van der Waals surface area contributed by atoms with E-state index >= 15 is 0 Å². The molecule has 2 aliphatic heterocycles. The van der Waals surface area contributed by atoms with E-state index in [1.54, 1.807) is 0 Å². The minimum atomic E-state index is -0.293. The molecule has 0 saturated carbocycles. The van der Waals surface area contributed by atoms with Crippen LogP contribution in [0.25, 0.3) is 0 Å². The number of benzene rings is 2. The third kappa shape index (κ3) is 3.14. The molecule has 2 aromatic rings. The molecule has 1 N–H and O–H groups in total. The van der Waals surface area contributed by atoms with Crippen molar-refractivity contribution in [3.05, 3.63) is 91.2 Å². The van der Waals surface area contributed by atoms with Crippen LogP contribution in [0.4, 0.5) is 11.4 Å². The fraction of sp³-hybridized carbons (Fsp3) is 0.286. The van der Waals surface area contributed by atoms with Gasteiger partial charge in [0.05, 0.1) is 16.6 Å². The Morgan fingerprint density at radius 3 is 2.21 bits per heavy atom. The number of hydrogen-bond acceptors (Lipinski definition) is 3. The van der Waals surface area contributed by atoms with Crippen LogP contribution in [0, 0.1) is 0 Å². The molecule has 0 radical (unpaired) electrons. The van der Waals surface area contributed by atoms with Gasteiger partial charge >= 0.3 is 0 Å². The number of carbonyl (C=O) groups excluding carboxylic acids is 1. The van der Waals surface area contributed by atoms with Crippen molar-refractivity contribution in [2.24, 2.45) is 0 Å². The lowest BCUT2D eigenvalue weighted by molar-refractivity contribution is -0.401. The van der Waals surface area contributed by atoms with E-state index in [0.717, 1.165) is 31.7 Å². The van der Waals surface area contributed by atoms with Gasteiger partial charge in [-0.15, -0.1) is 0 Å². The number of halogens is 2. The zero-order valence-electron chi connectivity index (χ0n) is 20.1. The number of Topliss-reactive ketones (excluding diaryl/α,β-unsaturated/α-hetero) is 1. The molecule has 0 bridgehead atoms. The smallest absolute Gasteiger partial charge is 0.209 e. The first-order valence-electron chi connectivity index (χ1n) is 11.2. The van der Waals surface area contributed by atoms with Crippen molar-refractivity contribution in [2.45, 2.75) is 38.5 Å². The highest BCUT2D eigenvalue weighted by Crippen LogP contribution is 2.49. The lowest BCUT2D eigenvalue weighted by Crippen LogP contribution is -2.31. The zero-order valence-corrected chi connectivity index (χ0v) is 23.3. The van der Waals surface area contributed by atoms with Crippen molar-refractivity contribution in [3.63, 3.8) is 0 Å². The number of fused-ring (bicyclic) bond motifs is 2. The Labute approximate surface area is 217 Å². The first-order chi connectivity index (χ1) is 15.9. The van der Waals surface area contributed by atoms with Gasteiger partial charge in [0.2, 0.25) is 11.5 Å². The quantitative estimate of drug-likeness (QED) is 0.311. The summed E-state index contributed by atoms with van der Waals surface area (Å²) in [5.74, 6) is -0.0622. The van der Waals surface area contributed by atoms with Gasteiger partial charge in [0.25, 0.3) is 0 Å². The molecule has 0 spiro atoms. The van der Waals surface area contributed by atoms with Crippen molar-refractivity contribution < 1.29 is 14.5 Å². The number of hydrogen-bond donors (Lipinski definition) is 1. The van der Waals surface area contributed by atoms with Crippen molar-refractivity contribution >= 4 is 54.7 Å². The summed E-state index contributed by atoms with van der Waals surface area (Å²) in [5.41, 5.74) is 6.71. The van der Waals surface area contributed by atoms with Crippen LogP contribution in [0.1, 0.15) is 38.8 Å². The number of anilines is 1. The second kappa shape index (κ2) is 7.53. The second-order valence-corrected chi connectivity index (χ2v) is 12.1. The van der Waals surface area contributed by atoms with Gasteiger partial charge in [-0.3, -0.25) is 4.79 Å². The fourth-order valence-corrected chi connectivity index (χ4v) is 6.24. The largest absolute Gasteiger partial charge is 0.506 e. The Kier molecular flexibility index (Phi) is 5.16. The molecule has 0 fully saturated rings. The fourth-order valence-electron chi connectivity index (χ4n) is 5.52. The number of nitrogens with zero attached hydrogens (tertiary/aromatic N) is 2. The zero-order chi connectivity index (χ0) is 24.7. The van der Waals surface area contributed by atoms with E-state index in [1.807, 2.05) is 38.4 Å². The molecule has 2 aromatic carbocycles. The number of rotatable bonds is 2. The van der Waals surface area contributed by atoms with Crippen LogP contribution in [0.2, 0.25) is 0 Å². The number of allylic oxidation sites excluding steroid dienone is 5. The monoisotopic (exact) mass is 581 g/mol. The van der Waals surface area contributed by atoms with E-state index < -0.39 is 0 Å². The third-order valence-electron chi connectivity index (χ3n) is 7.55. The van der Waals surface area contributed by atoms with Gasteiger partial charge in [0.1, 0.15) is 12.8 Å². The minimum absolute atomic E-state index is 0.0627. The van der Waals surface area contributed by atoms with E-state index in [0.29, 0.717) is 11.1 Å². The molecule has 0 atom stereocenters. The van der Waals surface area contributed by atoms with Gasteiger partial charge in [0.15, 0.2) is 5.71 Å². The average Bonchev–Trinajstić information content (AvgIpc) is 3.07. The van der Waals surface area contributed by atoms with Crippen LogP contribution in [-0.4, -0.2) is 35.3 Å². The highest BCUT2D eigenvalue weighted by atomic mass is 79.9. The van der Waals surface area contributed by atoms with E-state index in [1.165, 1.54) is 11.1 Å². The maximum atomic E-state index is 13.2. The summed E-state index contributed by atoms with van der Waals surface area (Å²) in [7, 11) is 4.01. The number of carbonyl (C=O) groups is 1. The Hall–Kier alpha value is -2.44.